The molecule has 1 amide bonds. The quantitative estimate of drug-likeness (QED) is 0.0592. The molecule has 2 fully saturated rings. The van der Waals surface area contributed by atoms with Gasteiger partial charge in [0.25, 0.3) is 5.91 Å². The van der Waals surface area contributed by atoms with Crippen LogP contribution in [0, 0.1) is 14.9 Å². The first-order valence-corrected chi connectivity index (χ1v) is 24.8. The lowest BCUT2D eigenvalue weighted by Gasteiger charge is -2.37. The summed E-state index contributed by atoms with van der Waals surface area (Å²) in [6.45, 7) is 7.65. The van der Waals surface area contributed by atoms with E-state index in [0.29, 0.717) is 63.3 Å². The van der Waals surface area contributed by atoms with Gasteiger partial charge >= 0.3 is 6.01 Å². The smallest absolute Gasteiger partial charge is 0.318 e. The van der Waals surface area contributed by atoms with Gasteiger partial charge < -0.3 is 34.6 Å². The van der Waals surface area contributed by atoms with Crippen molar-refractivity contribution in [2.75, 3.05) is 80.8 Å². The third-order valence-corrected chi connectivity index (χ3v) is 14.5. The Morgan fingerprint density at radius 2 is 1.83 bits per heavy atom. The van der Waals surface area contributed by atoms with Crippen LogP contribution in [0.1, 0.15) is 48.1 Å². The van der Waals surface area contributed by atoms with Crippen LogP contribution in [-0.4, -0.2) is 98.6 Å². The van der Waals surface area contributed by atoms with Gasteiger partial charge in [-0.3, -0.25) is 9.69 Å². The highest BCUT2D eigenvalue weighted by atomic mass is 127. The van der Waals surface area contributed by atoms with E-state index in [-0.39, 0.29) is 18.0 Å². The second-order valence-electron chi connectivity index (χ2n) is 16.5. The normalized spacial score (nSPS) is 19.2. The lowest BCUT2D eigenvalue weighted by molar-refractivity contribution is -0.110. The number of nitrogens with one attached hydrogen (secondary N) is 2. The number of nitrogens with zero attached hydrogens (tertiary/aromatic N) is 6. The number of benzene rings is 4. The van der Waals surface area contributed by atoms with Crippen LogP contribution < -0.4 is 29.9 Å². The van der Waals surface area contributed by atoms with Crippen LogP contribution in [0.15, 0.2) is 75.7 Å². The van der Waals surface area contributed by atoms with Crippen molar-refractivity contribution in [2.24, 2.45) is 0 Å². The van der Waals surface area contributed by atoms with Gasteiger partial charge in [-0.1, -0.05) is 35.9 Å². The molecule has 0 spiro atoms. The second kappa shape index (κ2) is 20.7. The zero-order valence-corrected chi connectivity index (χ0v) is 41.3. The van der Waals surface area contributed by atoms with Crippen molar-refractivity contribution < 1.29 is 19.0 Å². The van der Waals surface area contributed by atoms with Crippen molar-refractivity contribution in [1.29, 1.82) is 5.26 Å². The molecule has 64 heavy (non-hydrogen) atoms. The van der Waals surface area contributed by atoms with Crippen LogP contribution in [0.2, 0.25) is 5.02 Å². The lowest BCUT2D eigenvalue weighted by atomic mass is 10.0. The predicted octanol–water partition coefficient (Wildman–Crippen LogP) is 9.49. The molecule has 4 aliphatic heterocycles. The predicted molar refractivity (Wildman–Crippen MR) is 269 cm³/mol. The molecule has 0 radical (unpaired) electrons. The number of nitriles is 1. The number of fused-ring (bicyclic) bond motifs is 3. The van der Waals surface area contributed by atoms with Crippen LogP contribution >= 0.6 is 66.1 Å². The number of hydrogen-bond donors (Lipinski definition) is 2. The number of ether oxygens (including phenoxy) is 3. The monoisotopic (exact) mass is 1120 g/mol. The van der Waals surface area contributed by atoms with Crippen molar-refractivity contribution in [3.8, 4) is 17.8 Å². The van der Waals surface area contributed by atoms with Crippen molar-refractivity contribution in [3.63, 3.8) is 0 Å². The molecule has 5 heterocycles. The van der Waals surface area contributed by atoms with E-state index in [1.54, 1.807) is 0 Å². The number of carbonyl (C=O) groups excluding carboxylic acids is 1. The molecule has 12 nitrogen and oxygen atoms in total. The average Bonchev–Trinajstić information content (AvgIpc) is 3.87. The minimum absolute atomic E-state index is 0.0820. The van der Waals surface area contributed by atoms with Gasteiger partial charge in [0.2, 0.25) is 0 Å². The van der Waals surface area contributed by atoms with Gasteiger partial charge in [0.05, 0.1) is 45.3 Å². The Kier molecular flexibility index (Phi) is 14.6. The highest BCUT2D eigenvalue weighted by Crippen LogP contribution is 2.40. The molecule has 0 aliphatic carbocycles. The summed E-state index contributed by atoms with van der Waals surface area (Å²) >= 11 is 16.4. The number of anilines is 3. The van der Waals surface area contributed by atoms with E-state index in [1.807, 2.05) is 48.5 Å². The molecule has 332 valence electrons. The second-order valence-corrected chi connectivity index (χ2v) is 19.8. The van der Waals surface area contributed by atoms with E-state index in [0.717, 1.165) is 126 Å². The fourth-order valence-electron chi connectivity index (χ4n) is 9.22. The molecule has 5 aromatic rings. The highest BCUT2D eigenvalue weighted by Gasteiger charge is 2.31. The summed E-state index contributed by atoms with van der Waals surface area (Å²) in [6, 6.07) is 25.3. The first-order chi connectivity index (χ1) is 31.2. The maximum absolute atomic E-state index is 12.7. The zero-order chi connectivity index (χ0) is 44.2. The molecule has 2 saturated heterocycles. The summed E-state index contributed by atoms with van der Waals surface area (Å²) < 4.78 is 21.3. The summed E-state index contributed by atoms with van der Waals surface area (Å²) in [5.41, 5.74) is 6.47. The van der Waals surface area contributed by atoms with Gasteiger partial charge in [-0.25, -0.2) is 0 Å². The maximum atomic E-state index is 12.7. The Morgan fingerprint density at radius 3 is 2.67 bits per heavy atom. The summed E-state index contributed by atoms with van der Waals surface area (Å²) in [4.78, 5) is 30.1. The number of hydrogen-bond acceptors (Lipinski definition) is 11. The molecule has 9 rings (SSSR count). The number of likely N-dealkylation sites (tertiary alicyclic amines) is 1. The highest BCUT2D eigenvalue weighted by molar-refractivity contribution is 14.1. The molecule has 0 bridgehead atoms. The van der Waals surface area contributed by atoms with Crippen LogP contribution in [0.3, 0.4) is 0 Å². The molecule has 0 saturated carbocycles. The molecule has 2 N–H and O–H groups in total. The lowest BCUT2D eigenvalue weighted by Crippen LogP contribution is -2.51. The molecule has 1 aromatic heterocycles. The number of amides is 1. The molecule has 16 heteroatoms. The topological polar surface area (TPSA) is 128 Å². The van der Waals surface area contributed by atoms with E-state index in [2.05, 4.69) is 110 Å². The van der Waals surface area contributed by atoms with E-state index < -0.39 is 0 Å². The largest absolute Gasteiger partial charge is 0.489 e. The van der Waals surface area contributed by atoms with Crippen LogP contribution in [-0.2, 0) is 22.5 Å². The molecule has 4 aliphatic rings. The first kappa shape index (κ1) is 45.1. The Bertz CT molecular complexity index is 2600. The third-order valence-electron chi connectivity index (χ3n) is 12.3. The standard InChI is InChI=1S/C48H48Br2ClIN8O4/c49-38-24-30(23-37-36-26-32(52)10-11-41(36)55-47(37)61)25-39(50)45(38)63-22-21-62-20-4-17-58-16-3-7-34(58)29-64-48-56-42-28-59(43-9-2-6-31-5-1-8-40(51)44(31)43)18-13-35(42)46(57-48)60-19-15-54-33(27-60)12-14-53/h1-2,5-6,8-11,23-26,33-34,54H,3-4,7,12-13,15-22,27-29H2,(H,55,61)/t33-,34-/m0/s1. The van der Waals surface area contributed by atoms with E-state index >= 15 is 0 Å². The zero-order valence-electron chi connectivity index (χ0n) is 35.2. The number of halogens is 4. The molecule has 2 atom stereocenters. The van der Waals surface area contributed by atoms with Crippen molar-refractivity contribution >= 4 is 112 Å². The number of aromatic nitrogens is 2. The Morgan fingerprint density at radius 1 is 0.984 bits per heavy atom. The van der Waals surface area contributed by atoms with Crippen LogP contribution in [0.25, 0.3) is 22.4 Å². The van der Waals surface area contributed by atoms with Crippen molar-refractivity contribution in [1.82, 2.24) is 20.2 Å². The SMILES string of the molecule is N#CC[C@H]1CN(c2nc(OC[C@@H]3CCCN3CCCOCCOc3c(Br)cc(C=C4C(=O)Nc5ccc(I)cc54)cc3Br)nc3c2CCN(c2cccc4cccc(Cl)c24)C3)CCN1. The van der Waals surface area contributed by atoms with Gasteiger partial charge in [-0.2, -0.15) is 15.2 Å². The van der Waals surface area contributed by atoms with E-state index in [9.17, 15) is 10.1 Å². The molecular formula is C48H48Br2ClIN8O4. The number of carbonyl (C=O) groups is 1. The van der Waals surface area contributed by atoms with Crippen molar-refractivity contribution in [3.05, 3.63) is 107 Å². The molecule has 4 aromatic carbocycles. The van der Waals surface area contributed by atoms with Gasteiger partial charge in [0.1, 0.15) is 24.8 Å². The maximum Gasteiger partial charge on any atom is 0.318 e. The fraction of sp³-hybridized carbons (Fsp3) is 0.375. The Labute approximate surface area is 409 Å². The van der Waals surface area contributed by atoms with Crippen LogP contribution in [0.4, 0.5) is 17.2 Å². The Hall–Kier alpha value is -4.02. The summed E-state index contributed by atoms with van der Waals surface area (Å²) in [5, 5.41) is 18.8. The fourth-order valence-corrected chi connectivity index (χ4v) is 11.4. The Balaban J connectivity index is 0.788. The number of rotatable bonds is 15. The molecular weight excluding hydrogens is 1070 g/mol. The van der Waals surface area contributed by atoms with Gasteiger partial charge in [-0.05, 0) is 146 Å². The third kappa shape index (κ3) is 10.2. The summed E-state index contributed by atoms with van der Waals surface area (Å²) in [7, 11) is 0. The van der Waals surface area contributed by atoms with Gasteiger partial charge in [0.15, 0.2) is 0 Å². The minimum Gasteiger partial charge on any atom is -0.489 e. The summed E-state index contributed by atoms with van der Waals surface area (Å²) in [5.74, 6) is 1.50. The average molecular weight is 1120 g/mol. The van der Waals surface area contributed by atoms with Gasteiger partial charge in [-0.15, -0.1) is 0 Å². The van der Waals surface area contributed by atoms with Crippen molar-refractivity contribution in [2.45, 2.75) is 50.7 Å². The van der Waals surface area contributed by atoms with Crippen LogP contribution in [0.5, 0.6) is 11.8 Å². The van der Waals surface area contributed by atoms with E-state index in [1.165, 1.54) is 0 Å². The summed E-state index contributed by atoms with van der Waals surface area (Å²) in [6.07, 6.45) is 6.19. The molecule has 0 unspecified atom stereocenters. The van der Waals surface area contributed by atoms with Gasteiger partial charge in [0, 0.05) is 88.4 Å². The number of piperazine rings is 1. The van der Waals surface area contributed by atoms with E-state index in [4.69, 9.17) is 35.8 Å². The minimum atomic E-state index is -0.111. The first-order valence-electron chi connectivity index (χ1n) is 21.8.